The minimum Gasteiger partial charge on any atom is -0.341 e. The first-order chi connectivity index (χ1) is 16.6. The van der Waals surface area contributed by atoms with E-state index in [1.165, 1.54) is 23.2 Å². The first-order valence-corrected chi connectivity index (χ1v) is 11.4. The molecule has 1 spiro atoms. The van der Waals surface area contributed by atoms with E-state index in [1.54, 1.807) is 27.9 Å². The van der Waals surface area contributed by atoms with Gasteiger partial charge >= 0.3 is 6.18 Å². The number of alkyl halides is 3. The summed E-state index contributed by atoms with van der Waals surface area (Å²) in [6.07, 6.45) is -1.01. The molecule has 11 heteroatoms. The van der Waals surface area contributed by atoms with Crippen LogP contribution in [0.2, 0.25) is 0 Å². The highest BCUT2D eigenvalue weighted by Gasteiger charge is 2.71. The van der Waals surface area contributed by atoms with Gasteiger partial charge in [0.2, 0.25) is 5.91 Å². The maximum Gasteiger partial charge on any atom is 0.403 e. The zero-order valence-electron chi connectivity index (χ0n) is 18.8. The zero-order valence-corrected chi connectivity index (χ0v) is 18.8. The number of amides is 2. The van der Waals surface area contributed by atoms with Crippen molar-refractivity contribution >= 4 is 18.1 Å². The Morgan fingerprint density at radius 3 is 2.34 bits per heavy atom. The number of aldehydes is 1. The van der Waals surface area contributed by atoms with Crippen molar-refractivity contribution < 1.29 is 31.9 Å². The molecule has 0 bridgehead atoms. The van der Waals surface area contributed by atoms with Crippen molar-refractivity contribution in [3.63, 3.8) is 0 Å². The third kappa shape index (κ3) is 4.00. The molecule has 0 radical (unpaired) electrons. The average molecular weight is 492 g/mol. The number of likely N-dealkylation sites (tertiary alicyclic amines) is 2. The molecule has 2 saturated heterocycles. The predicted molar refractivity (Wildman–Crippen MR) is 115 cm³/mol. The topological polar surface area (TPSA) is 75.5 Å². The van der Waals surface area contributed by atoms with Crippen molar-refractivity contribution in [3.05, 3.63) is 53.6 Å². The van der Waals surface area contributed by atoms with Gasteiger partial charge in [0.05, 0.1) is 18.3 Å². The lowest BCUT2D eigenvalue weighted by Crippen LogP contribution is -2.64. The van der Waals surface area contributed by atoms with Gasteiger partial charge < -0.3 is 14.6 Å². The third-order valence-electron chi connectivity index (χ3n) is 7.62. The summed E-state index contributed by atoms with van der Waals surface area (Å²) in [6.45, 7) is 1.11. The smallest absolute Gasteiger partial charge is 0.341 e. The summed E-state index contributed by atoms with van der Waals surface area (Å²) >= 11 is 0. The number of rotatable bonds is 6. The number of carbonyl (C=O) groups excluding carboxylic acids is 3. The molecule has 3 fully saturated rings. The Morgan fingerprint density at radius 1 is 1.09 bits per heavy atom. The monoisotopic (exact) mass is 492 g/mol. The summed E-state index contributed by atoms with van der Waals surface area (Å²) in [5.41, 5.74) is -1.69. The first kappa shape index (κ1) is 23.5. The van der Waals surface area contributed by atoms with Crippen LogP contribution >= 0.6 is 0 Å². The van der Waals surface area contributed by atoms with Gasteiger partial charge in [0.25, 0.3) is 5.91 Å². The molecule has 7 nitrogen and oxygen atoms in total. The van der Waals surface area contributed by atoms with Gasteiger partial charge in [0.1, 0.15) is 17.5 Å². The Kier molecular flexibility index (Phi) is 5.48. The highest BCUT2D eigenvalue weighted by Crippen LogP contribution is 2.60. The van der Waals surface area contributed by atoms with Gasteiger partial charge in [-0.1, -0.05) is 12.1 Å². The number of halogens is 4. The lowest BCUT2D eigenvalue weighted by Gasteiger charge is -2.51. The van der Waals surface area contributed by atoms with E-state index in [9.17, 15) is 31.9 Å². The molecule has 1 unspecified atom stereocenters. The molecule has 2 amide bonds. The van der Waals surface area contributed by atoms with Crippen molar-refractivity contribution in [2.24, 2.45) is 16.7 Å². The summed E-state index contributed by atoms with van der Waals surface area (Å²) in [4.78, 5) is 39.8. The highest BCUT2D eigenvalue weighted by atomic mass is 19.4. The van der Waals surface area contributed by atoms with Crippen LogP contribution in [-0.2, 0) is 16.1 Å². The van der Waals surface area contributed by atoms with Crippen molar-refractivity contribution in [2.45, 2.75) is 32.0 Å². The van der Waals surface area contributed by atoms with Crippen LogP contribution in [0.4, 0.5) is 17.6 Å². The van der Waals surface area contributed by atoms with Crippen molar-refractivity contribution in [1.29, 1.82) is 0 Å². The quantitative estimate of drug-likeness (QED) is 0.459. The van der Waals surface area contributed by atoms with E-state index < -0.39 is 22.9 Å². The molecule has 2 aromatic rings. The van der Waals surface area contributed by atoms with Crippen molar-refractivity contribution in [3.8, 4) is 0 Å². The molecule has 2 aliphatic heterocycles. The van der Waals surface area contributed by atoms with Crippen LogP contribution in [0, 0.1) is 22.6 Å². The fraction of sp³-hybridized carbons (Fsp3) is 0.500. The first-order valence-electron chi connectivity index (χ1n) is 11.4. The number of nitrogens with zero attached hydrogens (tertiary/aromatic N) is 4. The van der Waals surface area contributed by atoms with E-state index in [0.717, 1.165) is 11.8 Å². The fourth-order valence-electron chi connectivity index (χ4n) is 5.41. The van der Waals surface area contributed by atoms with Crippen LogP contribution in [0.1, 0.15) is 35.2 Å². The molecule has 3 aliphatic rings. The van der Waals surface area contributed by atoms with Crippen molar-refractivity contribution in [1.82, 2.24) is 19.6 Å². The summed E-state index contributed by atoms with van der Waals surface area (Å²) < 4.78 is 54.8. The molecule has 1 saturated carbocycles. The summed E-state index contributed by atoms with van der Waals surface area (Å²) in [7, 11) is 0. The van der Waals surface area contributed by atoms with Crippen LogP contribution in [0.5, 0.6) is 0 Å². The number of hydrogen-bond donors (Lipinski definition) is 0. The third-order valence-corrected chi connectivity index (χ3v) is 7.62. The Bertz CT molecular complexity index is 1150. The molecule has 3 heterocycles. The Morgan fingerprint density at radius 2 is 1.74 bits per heavy atom. The van der Waals surface area contributed by atoms with E-state index >= 15 is 0 Å². The second kappa shape index (κ2) is 8.17. The van der Waals surface area contributed by atoms with Crippen molar-refractivity contribution in [2.75, 3.05) is 26.2 Å². The molecular weight excluding hydrogens is 468 g/mol. The molecule has 1 atom stereocenters. The number of aromatic nitrogens is 2. The number of carbonyl (C=O) groups is 3. The normalized spacial score (nSPS) is 22.2. The molecule has 5 rings (SSSR count). The Hall–Kier alpha value is -3.24. The molecule has 1 aromatic carbocycles. The Balaban J connectivity index is 1.26. The van der Waals surface area contributed by atoms with Crippen LogP contribution in [0.3, 0.4) is 0 Å². The predicted octanol–water partition coefficient (Wildman–Crippen LogP) is 2.90. The maximum absolute atomic E-state index is 13.4. The van der Waals surface area contributed by atoms with Gasteiger partial charge in [0, 0.05) is 44.2 Å². The Labute approximate surface area is 198 Å². The summed E-state index contributed by atoms with van der Waals surface area (Å²) in [6, 6.07) is 5.93. The minimum atomic E-state index is -4.57. The summed E-state index contributed by atoms with van der Waals surface area (Å²) in [5.74, 6) is -1.77. The van der Waals surface area contributed by atoms with Gasteiger partial charge in [0.15, 0.2) is 0 Å². The van der Waals surface area contributed by atoms with Crippen LogP contribution in [0.25, 0.3) is 0 Å². The highest BCUT2D eigenvalue weighted by molar-refractivity contribution is 5.94. The molecule has 0 N–H and O–H groups in total. The second-order valence-corrected chi connectivity index (χ2v) is 9.94. The molecule has 1 aliphatic carbocycles. The fourth-order valence-corrected chi connectivity index (χ4v) is 5.41. The molecule has 1 aromatic heterocycles. The minimum absolute atomic E-state index is 0.107. The second-order valence-electron chi connectivity index (χ2n) is 9.94. The molecular formula is C24H24F4N4O3. The average Bonchev–Trinajstić information content (AvgIpc) is 3.35. The van der Waals surface area contributed by atoms with E-state index in [2.05, 4.69) is 5.10 Å². The van der Waals surface area contributed by atoms with Crippen LogP contribution < -0.4 is 0 Å². The molecule has 186 valence electrons. The number of benzene rings is 1. The SMILES string of the molecule is O=CCC1CN(C(=O)c2cnn(Cc3ccc(F)cc3)c2)CC12CN(C(=O)C1(C(F)(F)F)CC1)C2. The van der Waals surface area contributed by atoms with Gasteiger partial charge in [-0.15, -0.1) is 0 Å². The van der Waals surface area contributed by atoms with Crippen LogP contribution in [0.15, 0.2) is 36.7 Å². The number of hydrogen-bond acceptors (Lipinski definition) is 4. The van der Waals surface area contributed by atoms with E-state index in [1.807, 2.05) is 0 Å². The standard InChI is InChI=1S/C24H24F4N4O3/c25-19-3-1-16(2-4-19)10-32-11-17(9-29-32)20(34)30-12-18(5-8-33)22(13-30)14-31(15-22)21(35)23(6-7-23)24(26,27)28/h1-4,8-9,11,18H,5-7,10,12-15H2. The van der Waals surface area contributed by atoms with Gasteiger partial charge in [-0.3, -0.25) is 14.3 Å². The lowest BCUT2D eigenvalue weighted by atomic mass is 9.70. The van der Waals surface area contributed by atoms with E-state index in [0.29, 0.717) is 12.1 Å². The van der Waals surface area contributed by atoms with E-state index in [4.69, 9.17) is 0 Å². The summed E-state index contributed by atoms with van der Waals surface area (Å²) in [5, 5.41) is 4.20. The zero-order chi connectivity index (χ0) is 25.0. The van der Waals surface area contributed by atoms with Gasteiger partial charge in [-0.05, 0) is 36.5 Å². The van der Waals surface area contributed by atoms with Gasteiger partial charge in [-0.25, -0.2) is 4.39 Å². The van der Waals surface area contributed by atoms with E-state index in [-0.39, 0.29) is 63.1 Å². The lowest BCUT2D eigenvalue weighted by molar-refractivity contribution is -0.205. The molecule has 35 heavy (non-hydrogen) atoms. The van der Waals surface area contributed by atoms with Crippen LogP contribution in [-0.4, -0.2) is 70.0 Å². The maximum atomic E-state index is 13.4. The van der Waals surface area contributed by atoms with Gasteiger partial charge in [-0.2, -0.15) is 18.3 Å². The largest absolute Gasteiger partial charge is 0.403 e.